The van der Waals surface area contributed by atoms with Crippen molar-refractivity contribution in [2.45, 2.75) is 11.9 Å². The molecule has 1 rings (SSSR count). The molecule has 6 nitrogen and oxygen atoms in total. The Labute approximate surface area is 116 Å². The van der Waals surface area contributed by atoms with Crippen LogP contribution in [0.15, 0.2) is 21.8 Å². The molecule has 0 aliphatic carbocycles. The summed E-state index contributed by atoms with van der Waals surface area (Å²) in [5.74, 6) is -0.0553. The number of hydrogen-bond acceptors (Lipinski definition) is 6. The zero-order valence-corrected chi connectivity index (χ0v) is 12.2. The molecule has 0 fully saturated rings. The van der Waals surface area contributed by atoms with Crippen LogP contribution >= 0.6 is 27.7 Å². The third-order valence-corrected chi connectivity index (χ3v) is 4.21. The second-order valence-electron chi connectivity index (χ2n) is 3.47. The van der Waals surface area contributed by atoms with E-state index in [0.29, 0.717) is 15.3 Å². The molecular weight excluding hydrogens is 324 g/mol. The Bertz CT molecular complexity index is 469. The SMILES string of the molecule is COC(=O)C(C)CSc1ncc([N+](=O)[O-])cc1Br. The molecular formula is C10H11BrN2O4S. The smallest absolute Gasteiger partial charge is 0.309 e. The van der Waals surface area contributed by atoms with E-state index in [4.69, 9.17) is 0 Å². The van der Waals surface area contributed by atoms with Gasteiger partial charge in [0.05, 0.1) is 22.4 Å². The molecule has 0 spiro atoms. The van der Waals surface area contributed by atoms with Gasteiger partial charge in [-0.2, -0.15) is 0 Å². The van der Waals surface area contributed by atoms with Crippen molar-refractivity contribution in [1.82, 2.24) is 4.98 Å². The van der Waals surface area contributed by atoms with Crippen LogP contribution in [0.2, 0.25) is 0 Å². The van der Waals surface area contributed by atoms with E-state index in [1.54, 1.807) is 6.92 Å². The van der Waals surface area contributed by atoms with Gasteiger partial charge in [-0.05, 0) is 15.9 Å². The first-order chi connectivity index (χ1) is 8.45. The van der Waals surface area contributed by atoms with Gasteiger partial charge < -0.3 is 4.74 Å². The lowest BCUT2D eigenvalue weighted by molar-refractivity contribution is -0.385. The Morgan fingerprint density at radius 3 is 2.89 bits per heavy atom. The van der Waals surface area contributed by atoms with Gasteiger partial charge in [0.2, 0.25) is 0 Å². The molecule has 1 atom stereocenters. The van der Waals surface area contributed by atoms with Crippen LogP contribution in [0, 0.1) is 16.0 Å². The number of pyridine rings is 1. The summed E-state index contributed by atoms with van der Waals surface area (Å²) in [6.45, 7) is 1.75. The topological polar surface area (TPSA) is 82.3 Å². The number of halogens is 1. The molecule has 18 heavy (non-hydrogen) atoms. The van der Waals surface area contributed by atoms with E-state index >= 15 is 0 Å². The lowest BCUT2D eigenvalue weighted by Crippen LogP contribution is -2.14. The number of methoxy groups -OCH3 is 1. The first kappa shape index (κ1) is 14.9. The number of nitrogens with zero attached hydrogens (tertiary/aromatic N) is 2. The molecule has 0 saturated heterocycles. The van der Waals surface area contributed by atoms with Crippen molar-refractivity contribution in [3.05, 3.63) is 26.9 Å². The fourth-order valence-electron chi connectivity index (χ4n) is 1.09. The van der Waals surface area contributed by atoms with Crippen molar-refractivity contribution in [2.75, 3.05) is 12.9 Å². The van der Waals surface area contributed by atoms with E-state index in [2.05, 4.69) is 25.7 Å². The maximum atomic E-state index is 11.2. The van der Waals surface area contributed by atoms with Crippen molar-refractivity contribution in [3.63, 3.8) is 0 Å². The van der Waals surface area contributed by atoms with Crippen molar-refractivity contribution in [3.8, 4) is 0 Å². The molecule has 0 bridgehead atoms. The van der Waals surface area contributed by atoms with Crippen molar-refractivity contribution >= 4 is 39.3 Å². The molecule has 0 amide bonds. The minimum absolute atomic E-state index is 0.0766. The highest BCUT2D eigenvalue weighted by molar-refractivity contribution is 9.10. The van der Waals surface area contributed by atoms with Gasteiger partial charge in [0.15, 0.2) is 0 Å². The third-order valence-electron chi connectivity index (χ3n) is 2.08. The summed E-state index contributed by atoms with van der Waals surface area (Å²) in [5.41, 5.74) is -0.0766. The predicted octanol–water partition coefficient (Wildman–Crippen LogP) is 2.65. The van der Waals surface area contributed by atoms with Crippen LogP contribution in [0.1, 0.15) is 6.92 Å². The molecule has 0 aromatic carbocycles. The highest BCUT2D eigenvalue weighted by atomic mass is 79.9. The second kappa shape index (κ2) is 6.69. The maximum absolute atomic E-state index is 11.2. The Hall–Kier alpha value is -1.15. The Balaban J connectivity index is 2.69. The molecule has 0 N–H and O–H groups in total. The Kier molecular flexibility index (Phi) is 5.54. The molecule has 0 saturated carbocycles. The first-order valence-electron chi connectivity index (χ1n) is 4.96. The Morgan fingerprint density at radius 2 is 2.39 bits per heavy atom. The third kappa shape index (κ3) is 3.95. The fourth-order valence-corrected chi connectivity index (χ4v) is 2.64. The largest absolute Gasteiger partial charge is 0.469 e. The van der Waals surface area contributed by atoms with Crippen molar-refractivity contribution < 1.29 is 14.5 Å². The number of esters is 1. The van der Waals surface area contributed by atoms with Gasteiger partial charge in [0.25, 0.3) is 5.69 Å². The minimum atomic E-state index is -0.511. The van der Waals surface area contributed by atoms with Crippen LogP contribution < -0.4 is 0 Å². The highest BCUT2D eigenvalue weighted by Crippen LogP contribution is 2.29. The van der Waals surface area contributed by atoms with E-state index < -0.39 is 4.92 Å². The maximum Gasteiger partial charge on any atom is 0.309 e. The lowest BCUT2D eigenvalue weighted by atomic mass is 10.2. The van der Waals surface area contributed by atoms with E-state index in [1.807, 2.05) is 0 Å². The van der Waals surface area contributed by atoms with Gasteiger partial charge in [-0.15, -0.1) is 11.8 Å². The van der Waals surface area contributed by atoms with Crippen LogP contribution in [0.5, 0.6) is 0 Å². The van der Waals surface area contributed by atoms with Crippen LogP contribution in [0.4, 0.5) is 5.69 Å². The quantitative estimate of drug-likeness (QED) is 0.356. The van der Waals surface area contributed by atoms with E-state index in [0.717, 1.165) is 0 Å². The first-order valence-corrected chi connectivity index (χ1v) is 6.74. The number of nitro groups is 1. The van der Waals surface area contributed by atoms with E-state index in [9.17, 15) is 14.9 Å². The summed E-state index contributed by atoms with van der Waals surface area (Å²) >= 11 is 4.55. The number of hydrogen-bond donors (Lipinski definition) is 0. The summed E-state index contributed by atoms with van der Waals surface area (Å²) in [6, 6.07) is 1.39. The molecule has 0 aliphatic heterocycles. The van der Waals surface area contributed by atoms with Gasteiger partial charge >= 0.3 is 5.97 Å². The molecule has 1 aromatic heterocycles. The number of carbonyl (C=O) groups is 1. The predicted molar refractivity (Wildman–Crippen MR) is 70.5 cm³/mol. The molecule has 8 heteroatoms. The standard InChI is InChI=1S/C10H11BrN2O4S/c1-6(10(14)17-2)5-18-9-8(11)3-7(4-12-9)13(15)16/h3-4,6H,5H2,1-2H3. The van der Waals surface area contributed by atoms with Gasteiger partial charge in [0.1, 0.15) is 11.2 Å². The van der Waals surface area contributed by atoms with Gasteiger partial charge in [-0.1, -0.05) is 6.92 Å². The van der Waals surface area contributed by atoms with Crippen LogP contribution in [-0.4, -0.2) is 28.7 Å². The number of aromatic nitrogens is 1. The zero-order chi connectivity index (χ0) is 13.7. The summed E-state index contributed by atoms with van der Waals surface area (Å²) in [7, 11) is 1.34. The van der Waals surface area contributed by atoms with Crippen LogP contribution in [0.3, 0.4) is 0 Å². The molecule has 1 heterocycles. The molecule has 0 radical (unpaired) electrons. The number of carbonyl (C=O) groups excluding carboxylic acids is 1. The van der Waals surface area contributed by atoms with Gasteiger partial charge in [-0.3, -0.25) is 14.9 Å². The molecule has 98 valence electrons. The van der Waals surface area contributed by atoms with E-state index in [1.165, 1.54) is 31.1 Å². The highest BCUT2D eigenvalue weighted by Gasteiger charge is 2.16. The second-order valence-corrected chi connectivity index (χ2v) is 5.34. The normalized spacial score (nSPS) is 11.9. The van der Waals surface area contributed by atoms with E-state index in [-0.39, 0.29) is 17.6 Å². The number of rotatable bonds is 5. The summed E-state index contributed by atoms with van der Waals surface area (Å²) in [4.78, 5) is 25.2. The summed E-state index contributed by atoms with van der Waals surface area (Å²) < 4.78 is 5.15. The monoisotopic (exact) mass is 334 g/mol. The fraction of sp³-hybridized carbons (Fsp3) is 0.400. The lowest BCUT2D eigenvalue weighted by Gasteiger charge is -2.08. The number of thioether (sulfide) groups is 1. The Morgan fingerprint density at radius 1 is 1.72 bits per heavy atom. The van der Waals surface area contributed by atoms with Gasteiger partial charge in [0, 0.05) is 11.8 Å². The van der Waals surface area contributed by atoms with Crippen LogP contribution in [0.25, 0.3) is 0 Å². The van der Waals surface area contributed by atoms with Crippen LogP contribution in [-0.2, 0) is 9.53 Å². The minimum Gasteiger partial charge on any atom is -0.469 e. The molecule has 1 unspecified atom stereocenters. The number of ether oxygens (including phenoxy) is 1. The van der Waals surface area contributed by atoms with Crippen molar-refractivity contribution in [2.24, 2.45) is 5.92 Å². The zero-order valence-electron chi connectivity index (χ0n) is 9.75. The van der Waals surface area contributed by atoms with Crippen molar-refractivity contribution in [1.29, 1.82) is 0 Å². The molecule has 1 aromatic rings. The summed E-state index contributed by atoms with van der Waals surface area (Å²) in [5, 5.41) is 11.1. The van der Waals surface area contributed by atoms with Gasteiger partial charge in [-0.25, -0.2) is 4.98 Å². The summed E-state index contributed by atoms with van der Waals surface area (Å²) in [6.07, 6.45) is 1.19. The average molecular weight is 335 g/mol. The average Bonchev–Trinajstić information content (AvgIpc) is 2.35. The molecule has 0 aliphatic rings.